The molecule has 0 heterocycles. The molecule has 1 amide bonds. The number of unbranched alkanes of at least 4 members (excludes halogenated alkanes) is 3. The fourth-order valence-electron chi connectivity index (χ4n) is 1.47. The van der Waals surface area contributed by atoms with Crippen molar-refractivity contribution in [2.24, 2.45) is 0 Å². The molecule has 0 spiro atoms. The van der Waals surface area contributed by atoms with Gasteiger partial charge >= 0.3 is 0 Å². The van der Waals surface area contributed by atoms with Crippen LogP contribution in [-0.2, 0) is 4.79 Å². The second-order valence-electron chi connectivity index (χ2n) is 3.94. The van der Waals surface area contributed by atoms with E-state index in [1.54, 1.807) is 19.2 Å². The molecule has 3 nitrogen and oxygen atoms in total. The molecule has 0 atom stereocenters. The molecule has 1 aromatic carbocycles. The number of ether oxygens (including phenoxy) is 1. The molecule has 0 aromatic heterocycles. The molecule has 0 radical (unpaired) electrons. The molecule has 1 N–H and O–H groups in total. The van der Waals surface area contributed by atoms with Crippen LogP contribution in [0.2, 0.25) is 0 Å². The number of benzene rings is 1. The number of hydrogen-bond acceptors (Lipinski definition) is 2. The molecule has 0 fully saturated rings. The third-order valence-corrected chi connectivity index (χ3v) is 2.43. The SMILES string of the molecule is CCCCCC#CC(=O)Nc1cccc(OC)c1. The third kappa shape index (κ3) is 5.40. The Labute approximate surface area is 109 Å². The van der Waals surface area contributed by atoms with Gasteiger partial charge in [-0.1, -0.05) is 31.8 Å². The first-order chi connectivity index (χ1) is 8.76. The number of anilines is 1. The smallest absolute Gasteiger partial charge is 0.300 e. The van der Waals surface area contributed by atoms with Gasteiger partial charge in [-0.05, 0) is 24.5 Å². The minimum absolute atomic E-state index is 0.278. The molecule has 1 aromatic rings. The molecule has 0 unspecified atom stereocenters. The van der Waals surface area contributed by atoms with Crippen LogP contribution in [-0.4, -0.2) is 13.0 Å². The van der Waals surface area contributed by atoms with Gasteiger partial charge in [0.15, 0.2) is 0 Å². The monoisotopic (exact) mass is 245 g/mol. The summed E-state index contributed by atoms with van der Waals surface area (Å²) in [5.74, 6) is 5.90. The topological polar surface area (TPSA) is 38.3 Å². The molecule has 0 saturated carbocycles. The summed E-state index contributed by atoms with van der Waals surface area (Å²) in [6.45, 7) is 2.14. The average molecular weight is 245 g/mol. The standard InChI is InChI=1S/C15H19NO2/c1-3-4-5-6-7-11-15(17)16-13-9-8-10-14(12-13)18-2/h8-10,12H,3-6H2,1-2H3,(H,16,17). The lowest BCUT2D eigenvalue weighted by atomic mass is 10.2. The number of nitrogens with one attached hydrogen (secondary N) is 1. The minimum atomic E-state index is -0.278. The Hall–Kier alpha value is -1.95. The van der Waals surface area contributed by atoms with Gasteiger partial charge in [0.1, 0.15) is 5.75 Å². The molecule has 3 heteroatoms. The van der Waals surface area contributed by atoms with Crippen molar-refractivity contribution in [2.75, 3.05) is 12.4 Å². The van der Waals surface area contributed by atoms with Gasteiger partial charge in [0.25, 0.3) is 5.91 Å². The van der Waals surface area contributed by atoms with E-state index in [2.05, 4.69) is 24.1 Å². The van der Waals surface area contributed by atoms with Gasteiger partial charge in [-0.3, -0.25) is 4.79 Å². The van der Waals surface area contributed by atoms with Crippen molar-refractivity contribution in [2.45, 2.75) is 32.6 Å². The summed E-state index contributed by atoms with van der Waals surface area (Å²) in [4.78, 5) is 11.5. The van der Waals surface area contributed by atoms with E-state index in [0.717, 1.165) is 25.7 Å². The Morgan fingerprint density at radius 2 is 2.22 bits per heavy atom. The Balaban J connectivity index is 2.43. The average Bonchev–Trinajstić information content (AvgIpc) is 2.38. The lowest BCUT2D eigenvalue weighted by molar-refractivity contribution is -0.111. The summed E-state index contributed by atoms with van der Waals surface area (Å²) in [5.41, 5.74) is 0.696. The molecule has 1 rings (SSSR count). The van der Waals surface area contributed by atoms with E-state index in [0.29, 0.717) is 11.4 Å². The van der Waals surface area contributed by atoms with Gasteiger partial charge in [0.2, 0.25) is 0 Å². The Morgan fingerprint density at radius 1 is 1.39 bits per heavy atom. The van der Waals surface area contributed by atoms with Gasteiger partial charge in [0, 0.05) is 18.2 Å². The number of carbonyl (C=O) groups excluding carboxylic acids is 1. The third-order valence-electron chi connectivity index (χ3n) is 2.43. The summed E-state index contributed by atoms with van der Waals surface area (Å²) >= 11 is 0. The van der Waals surface area contributed by atoms with Crippen LogP contribution in [0.5, 0.6) is 5.75 Å². The fraction of sp³-hybridized carbons (Fsp3) is 0.400. The van der Waals surface area contributed by atoms with Gasteiger partial charge < -0.3 is 10.1 Å². The van der Waals surface area contributed by atoms with Gasteiger partial charge in [0.05, 0.1) is 7.11 Å². The Kier molecular flexibility index (Phi) is 6.42. The zero-order chi connectivity index (χ0) is 13.2. The van der Waals surface area contributed by atoms with E-state index in [9.17, 15) is 4.79 Å². The van der Waals surface area contributed by atoms with Crippen LogP contribution < -0.4 is 10.1 Å². The highest BCUT2D eigenvalue weighted by atomic mass is 16.5. The van der Waals surface area contributed by atoms with Gasteiger partial charge in [-0.15, -0.1) is 0 Å². The zero-order valence-corrected chi connectivity index (χ0v) is 11.0. The number of methoxy groups -OCH3 is 1. The summed E-state index contributed by atoms with van der Waals surface area (Å²) < 4.78 is 5.07. The molecule has 0 aliphatic carbocycles. The minimum Gasteiger partial charge on any atom is -0.497 e. The van der Waals surface area contributed by atoms with Crippen LogP contribution in [0.3, 0.4) is 0 Å². The Morgan fingerprint density at radius 3 is 2.94 bits per heavy atom. The van der Waals surface area contributed by atoms with Crippen LogP contribution in [0.25, 0.3) is 0 Å². The highest BCUT2D eigenvalue weighted by Gasteiger charge is 1.98. The maximum Gasteiger partial charge on any atom is 0.300 e. The first-order valence-electron chi connectivity index (χ1n) is 6.20. The normalized spacial score (nSPS) is 9.22. The summed E-state index contributed by atoms with van der Waals surface area (Å²) in [6.07, 6.45) is 4.15. The number of hydrogen-bond donors (Lipinski definition) is 1. The molecule has 18 heavy (non-hydrogen) atoms. The molecular formula is C15H19NO2. The largest absolute Gasteiger partial charge is 0.497 e. The Bertz CT molecular complexity index is 443. The summed E-state index contributed by atoms with van der Waals surface area (Å²) in [5, 5.41) is 2.71. The van der Waals surface area contributed by atoms with Crippen LogP contribution in [0, 0.1) is 11.8 Å². The zero-order valence-electron chi connectivity index (χ0n) is 11.0. The first-order valence-corrected chi connectivity index (χ1v) is 6.20. The van der Waals surface area contributed by atoms with Crippen molar-refractivity contribution in [1.82, 2.24) is 0 Å². The maximum absolute atomic E-state index is 11.5. The van der Waals surface area contributed by atoms with Crippen molar-refractivity contribution in [3.8, 4) is 17.6 Å². The number of amides is 1. The van der Waals surface area contributed by atoms with Crippen molar-refractivity contribution in [3.05, 3.63) is 24.3 Å². The lowest BCUT2D eigenvalue weighted by Gasteiger charge is -2.03. The molecule has 0 saturated heterocycles. The van der Waals surface area contributed by atoms with Crippen LogP contribution >= 0.6 is 0 Å². The number of rotatable bonds is 5. The van der Waals surface area contributed by atoms with E-state index in [-0.39, 0.29) is 5.91 Å². The van der Waals surface area contributed by atoms with E-state index < -0.39 is 0 Å². The number of carbonyl (C=O) groups is 1. The summed E-state index contributed by atoms with van der Waals surface area (Å²) in [6, 6.07) is 7.21. The van der Waals surface area contributed by atoms with Crippen molar-refractivity contribution >= 4 is 11.6 Å². The first kappa shape index (κ1) is 14.1. The predicted octanol–water partition coefficient (Wildman–Crippen LogP) is 3.22. The quantitative estimate of drug-likeness (QED) is 0.639. The maximum atomic E-state index is 11.5. The van der Waals surface area contributed by atoms with Crippen molar-refractivity contribution in [3.63, 3.8) is 0 Å². The van der Waals surface area contributed by atoms with Gasteiger partial charge in [-0.25, -0.2) is 0 Å². The second-order valence-corrected chi connectivity index (χ2v) is 3.94. The van der Waals surface area contributed by atoms with Crippen molar-refractivity contribution < 1.29 is 9.53 Å². The van der Waals surface area contributed by atoms with E-state index in [1.807, 2.05) is 12.1 Å². The molecule has 96 valence electrons. The van der Waals surface area contributed by atoms with Gasteiger partial charge in [-0.2, -0.15) is 0 Å². The molecule has 0 bridgehead atoms. The lowest BCUT2D eigenvalue weighted by Crippen LogP contribution is -2.08. The molecule has 0 aliphatic rings. The second kappa shape index (κ2) is 8.19. The van der Waals surface area contributed by atoms with Crippen LogP contribution in [0.15, 0.2) is 24.3 Å². The van der Waals surface area contributed by atoms with Crippen LogP contribution in [0.4, 0.5) is 5.69 Å². The molecule has 0 aliphatic heterocycles. The molecular weight excluding hydrogens is 226 g/mol. The van der Waals surface area contributed by atoms with Crippen molar-refractivity contribution in [1.29, 1.82) is 0 Å². The van der Waals surface area contributed by atoms with E-state index in [1.165, 1.54) is 0 Å². The van der Waals surface area contributed by atoms with E-state index >= 15 is 0 Å². The van der Waals surface area contributed by atoms with E-state index in [4.69, 9.17) is 4.74 Å². The summed E-state index contributed by atoms with van der Waals surface area (Å²) in [7, 11) is 1.59. The predicted molar refractivity (Wildman–Crippen MR) is 73.5 cm³/mol. The highest BCUT2D eigenvalue weighted by Crippen LogP contribution is 2.16. The fourth-order valence-corrected chi connectivity index (χ4v) is 1.47. The van der Waals surface area contributed by atoms with Crippen LogP contribution in [0.1, 0.15) is 32.6 Å². The highest BCUT2D eigenvalue weighted by molar-refractivity contribution is 6.04.